The fourth-order valence-corrected chi connectivity index (χ4v) is 5.83. The summed E-state index contributed by atoms with van der Waals surface area (Å²) in [6, 6.07) is 23.0. The summed E-state index contributed by atoms with van der Waals surface area (Å²) in [6.07, 6.45) is 0. The molecule has 0 aliphatic heterocycles. The monoisotopic (exact) mass is 569 g/mol. The highest BCUT2D eigenvalue weighted by Gasteiger charge is 2.17. The molecule has 3 N–H and O–H groups in total. The van der Waals surface area contributed by atoms with Gasteiger partial charge in [0.05, 0.1) is 15.5 Å². The van der Waals surface area contributed by atoms with Gasteiger partial charge in [-0.3, -0.25) is 14.2 Å². The highest BCUT2D eigenvalue weighted by atomic mass is 35.5. The van der Waals surface area contributed by atoms with E-state index in [0.29, 0.717) is 22.0 Å². The van der Waals surface area contributed by atoms with Gasteiger partial charge in [0.2, 0.25) is 0 Å². The number of hydrogen-bond donors (Lipinski definition) is 3. The van der Waals surface area contributed by atoms with Crippen LogP contribution in [-0.4, -0.2) is 22.7 Å². The average Bonchev–Trinajstić information content (AvgIpc) is 2.86. The molecule has 196 valence electrons. The van der Waals surface area contributed by atoms with Crippen LogP contribution in [0, 0.1) is 13.8 Å². The molecule has 0 heterocycles. The summed E-state index contributed by atoms with van der Waals surface area (Å²) >= 11 is 5.98. The van der Waals surface area contributed by atoms with Crippen molar-refractivity contribution in [2.45, 2.75) is 23.6 Å². The Labute approximate surface area is 226 Å². The van der Waals surface area contributed by atoms with Crippen LogP contribution in [0.15, 0.2) is 101 Å². The molecule has 0 spiro atoms. The van der Waals surface area contributed by atoms with Gasteiger partial charge in [-0.1, -0.05) is 41.4 Å². The second-order valence-corrected chi connectivity index (χ2v) is 12.3. The van der Waals surface area contributed by atoms with Gasteiger partial charge in [-0.25, -0.2) is 16.8 Å². The van der Waals surface area contributed by atoms with Crippen LogP contribution in [-0.2, 0) is 20.0 Å². The minimum absolute atomic E-state index is 0.00221. The largest absolute Gasteiger partial charge is 0.322 e. The van der Waals surface area contributed by atoms with Crippen molar-refractivity contribution >= 4 is 54.6 Å². The highest BCUT2D eigenvalue weighted by molar-refractivity contribution is 7.93. The Hall–Kier alpha value is -3.86. The fourth-order valence-electron chi connectivity index (χ4n) is 3.48. The average molecular weight is 570 g/mol. The molecule has 0 aliphatic carbocycles. The Balaban J connectivity index is 1.45. The van der Waals surface area contributed by atoms with Crippen molar-refractivity contribution in [3.8, 4) is 0 Å². The van der Waals surface area contributed by atoms with E-state index in [4.69, 9.17) is 11.6 Å². The third kappa shape index (κ3) is 6.52. The smallest absolute Gasteiger partial charge is 0.261 e. The van der Waals surface area contributed by atoms with Gasteiger partial charge in [-0.05, 0) is 86.1 Å². The summed E-state index contributed by atoms with van der Waals surface area (Å²) in [4.78, 5) is 12.9. The van der Waals surface area contributed by atoms with E-state index in [1.807, 2.05) is 6.92 Å². The van der Waals surface area contributed by atoms with Gasteiger partial charge in [0.15, 0.2) is 0 Å². The van der Waals surface area contributed by atoms with Crippen molar-refractivity contribution < 1.29 is 21.6 Å². The number of anilines is 3. The van der Waals surface area contributed by atoms with Gasteiger partial charge in [-0.2, -0.15) is 0 Å². The lowest BCUT2D eigenvalue weighted by atomic mass is 10.2. The van der Waals surface area contributed by atoms with Crippen molar-refractivity contribution in [2.24, 2.45) is 0 Å². The van der Waals surface area contributed by atoms with E-state index in [2.05, 4.69) is 14.8 Å². The predicted molar refractivity (Wildman–Crippen MR) is 150 cm³/mol. The fraction of sp³-hybridized carbons (Fsp3) is 0.0741. The molecule has 0 saturated heterocycles. The quantitative estimate of drug-likeness (QED) is 0.247. The van der Waals surface area contributed by atoms with Crippen molar-refractivity contribution in [1.29, 1.82) is 0 Å². The van der Waals surface area contributed by atoms with Gasteiger partial charge in [-0.15, -0.1) is 0 Å². The molecule has 0 atom stereocenters. The second kappa shape index (κ2) is 10.9. The van der Waals surface area contributed by atoms with Crippen molar-refractivity contribution in [2.75, 3.05) is 14.8 Å². The molecule has 1 amide bonds. The Morgan fingerprint density at radius 1 is 0.684 bits per heavy atom. The lowest BCUT2D eigenvalue weighted by Crippen LogP contribution is -2.16. The number of hydrogen-bond acceptors (Lipinski definition) is 5. The minimum Gasteiger partial charge on any atom is -0.322 e. The van der Waals surface area contributed by atoms with E-state index in [1.165, 1.54) is 60.7 Å². The number of aryl methyl sites for hydroxylation is 2. The topological polar surface area (TPSA) is 121 Å². The Kier molecular flexibility index (Phi) is 7.77. The zero-order valence-electron chi connectivity index (χ0n) is 20.4. The maximum Gasteiger partial charge on any atom is 0.261 e. The van der Waals surface area contributed by atoms with Crippen LogP contribution in [0.3, 0.4) is 0 Å². The molecule has 8 nitrogen and oxygen atoms in total. The number of sulfonamides is 2. The van der Waals surface area contributed by atoms with Gasteiger partial charge in [0, 0.05) is 22.0 Å². The first-order valence-electron chi connectivity index (χ1n) is 11.3. The third-order valence-electron chi connectivity index (χ3n) is 5.57. The SMILES string of the molecule is Cc1ccc(S(=O)(=O)Nc2cccc(C(=O)Nc3ccc(S(=O)(=O)Nc4cc(Cl)ccc4C)cc3)c2)cc1. The molecule has 0 radical (unpaired) electrons. The van der Waals surface area contributed by atoms with Crippen LogP contribution in [0.25, 0.3) is 0 Å². The summed E-state index contributed by atoms with van der Waals surface area (Å²) in [5.74, 6) is -0.496. The van der Waals surface area contributed by atoms with Crippen molar-refractivity contribution in [1.82, 2.24) is 0 Å². The summed E-state index contributed by atoms with van der Waals surface area (Å²) in [5, 5.41) is 3.08. The molecule has 0 saturated carbocycles. The standard InChI is InChI=1S/C27H24ClN3O5S2/c1-18-6-12-24(13-7-18)37(33,34)30-23-5-3-4-20(16-23)27(32)29-22-10-14-25(15-11-22)38(35,36)31-26-17-21(28)9-8-19(26)2/h3-17,30-31H,1-2H3,(H,29,32). The van der Waals surface area contributed by atoms with E-state index < -0.39 is 26.0 Å². The molecule has 0 aliphatic rings. The van der Waals surface area contributed by atoms with Gasteiger partial charge >= 0.3 is 0 Å². The highest BCUT2D eigenvalue weighted by Crippen LogP contribution is 2.24. The molecule has 4 aromatic carbocycles. The first kappa shape index (κ1) is 27.2. The molecule has 0 unspecified atom stereocenters. The zero-order valence-corrected chi connectivity index (χ0v) is 22.8. The van der Waals surface area contributed by atoms with Crippen molar-refractivity contribution in [3.05, 3.63) is 113 Å². The second-order valence-electron chi connectivity index (χ2n) is 8.54. The number of carbonyl (C=O) groups excluding carboxylic acids is 1. The van der Waals surface area contributed by atoms with Crippen LogP contribution in [0.2, 0.25) is 5.02 Å². The van der Waals surface area contributed by atoms with Gasteiger partial charge < -0.3 is 5.32 Å². The summed E-state index contributed by atoms with van der Waals surface area (Å²) in [7, 11) is -7.71. The molecular weight excluding hydrogens is 546 g/mol. The third-order valence-corrected chi connectivity index (χ3v) is 8.59. The molecule has 0 aromatic heterocycles. The van der Waals surface area contributed by atoms with E-state index in [0.717, 1.165) is 5.56 Å². The Morgan fingerprint density at radius 3 is 1.95 bits per heavy atom. The molecule has 11 heteroatoms. The maximum atomic E-state index is 12.8. The van der Waals surface area contributed by atoms with E-state index >= 15 is 0 Å². The predicted octanol–water partition coefficient (Wildman–Crippen LogP) is 5.81. The van der Waals surface area contributed by atoms with Crippen LogP contribution in [0.1, 0.15) is 21.5 Å². The zero-order chi connectivity index (χ0) is 27.5. The molecule has 38 heavy (non-hydrogen) atoms. The Bertz CT molecular complexity index is 1700. The van der Waals surface area contributed by atoms with E-state index in [-0.39, 0.29) is 21.0 Å². The number of nitrogens with one attached hydrogen (secondary N) is 3. The number of halogens is 1. The normalized spacial score (nSPS) is 11.6. The van der Waals surface area contributed by atoms with Crippen LogP contribution < -0.4 is 14.8 Å². The number of rotatable bonds is 8. The number of carbonyl (C=O) groups is 1. The minimum atomic E-state index is -3.88. The lowest BCUT2D eigenvalue weighted by Gasteiger charge is -2.12. The Morgan fingerprint density at radius 2 is 1.29 bits per heavy atom. The van der Waals surface area contributed by atoms with E-state index in [1.54, 1.807) is 37.3 Å². The summed E-state index contributed by atoms with van der Waals surface area (Å²) < 4.78 is 55.9. The lowest BCUT2D eigenvalue weighted by molar-refractivity contribution is 0.102. The van der Waals surface area contributed by atoms with Crippen molar-refractivity contribution in [3.63, 3.8) is 0 Å². The molecule has 4 rings (SSSR count). The van der Waals surface area contributed by atoms with Gasteiger partial charge in [0.1, 0.15) is 0 Å². The summed E-state index contributed by atoms with van der Waals surface area (Å²) in [6.45, 7) is 3.62. The van der Waals surface area contributed by atoms with E-state index in [9.17, 15) is 21.6 Å². The van der Waals surface area contributed by atoms with Crippen LogP contribution in [0.4, 0.5) is 17.1 Å². The molecule has 0 fully saturated rings. The molecular formula is C27H24ClN3O5S2. The molecule has 4 aromatic rings. The number of amides is 1. The first-order chi connectivity index (χ1) is 17.9. The molecule has 0 bridgehead atoms. The van der Waals surface area contributed by atoms with Crippen LogP contribution in [0.5, 0.6) is 0 Å². The van der Waals surface area contributed by atoms with Crippen LogP contribution >= 0.6 is 11.6 Å². The maximum absolute atomic E-state index is 12.8. The summed E-state index contributed by atoms with van der Waals surface area (Å²) in [5.41, 5.74) is 2.81. The van der Waals surface area contributed by atoms with Gasteiger partial charge in [0.25, 0.3) is 26.0 Å². The number of benzene rings is 4. The first-order valence-corrected chi connectivity index (χ1v) is 14.7.